The third kappa shape index (κ3) is 2.72. The van der Waals surface area contributed by atoms with Crippen LogP contribution in [0.25, 0.3) is 33.0 Å². The van der Waals surface area contributed by atoms with Crippen LogP contribution in [0.4, 0.5) is 11.4 Å². The first-order valence-corrected chi connectivity index (χ1v) is 8.37. The van der Waals surface area contributed by atoms with Gasteiger partial charge in [0.15, 0.2) is 0 Å². The Kier molecular flexibility index (Phi) is 3.66. The predicted octanol–water partition coefficient (Wildman–Crippen LogP) is 5.65. The van der Waals surface area contributed by atoms with Crippen LogP contribution in [0.1, 0.15) is 5.56 Å². The molecule has 4 aromatic rings. The minimum absolute atomic E-state index is 0.616. The highest BCUT2D eigenvalue weighted by atomic mass is 14.7. The maximum atomic E-state index is 6.12. The molecule has 4 N–H and O–H groups in total. The maximum Gasteiger partial charge on any atom is 0.0554 e. The van der Waals surface area contributed by atoms with Crippen molar-refractivity contribution in [1.29, 1.82) is 0 Å². The van der Waals surface area contributed by atoms with Gasteiger partial charge in [0.25, 0.3) is 0 Å². The third-order valence-corrected chi connectivity index (χ3v) is 4.67. The van der Waals surface area contributed by atoms with Crippen LogP contribution < -0.4 is 11.5 Å². The number of anilines is 2. The number of hydrogen-bond donors (Lipinski definition) is 2. The zero-order valence-electron chi connectivity index (χ0n) is 14.2. The Hall–Kier alpha value is -3.26. The standard InChI is InChI=1S/C23H20N2/c1-15-7-9-17(10-8-15)19-12-11-18(16-5-3-2-4-6-16)20-13-22(24)23(25)14-21(19)20/h2-14H,24-25H2,1H3. The van der Waals surface area contributed by atoms with Crippen molar-refractivity contribution < 1.29 is 0 Å². The summed E-state index contributed by atoms with van der Waals surface area (Å²) < 4.78 is 0. The van der Waals surface area contributed by atoms with Crippen molar-refractivity contribution in [3.8, 4) is 22.3 Å². The second-order valence-corrected chi connectivity index (χ2v) is 6.42. The number of nitrogens with two attached hydrogens (primary N) is 2. The zero-order chi connectivity index (χ0) is 17.4. The van der Waals surface area contributed by atoms with E-state index < -0.39 is 0 Å². The van der Waals surface area contributed by atoms with Crippen LogP contribution in [0.5, 0.6) is 0 Å². The van der Waals surface area contributed by atoms with Gasteiger partial charge in [0.2, 0.25) is 0 Å². The van der Waals surface area contributed by atoms with E-state index in [-0.39, 0.29) is 0 Å². The molecule has 4 rings (SSSR count). The molecule has 0 saturated carbocycles. The summed E-state index contributed by atoms with van der Waals surface area (Å²) in [6.45, 7) is 2.10. The van der Waals surface area contributed by atoms with Crippen LogP contribution >= 0.6 is 0 Å². The van der Waals surface area contributed by atoms with Crippen LogP contribution in [0.15, 0.2) is 78.9 Å². The fraction of sp³-hybridized carbons (Fsp3) is 0.0435. The Bertz CT molecular complexity index is 1050. The van der Waals surface area contributed by atoms with Crippen LogP contribution in [0.3, 0.4) is 0 Å². The van der Waals surface area contributed by atoms with Crippen molar-refractivity contribution in [3.63, 3.8) is 0 Å². The molecule has 0 aromatic heterocycles. The third-order valence-electron chi connectivity index (χ3n) is 4.67. The average Bonchev–Trinajstić information content (AvgIpc) is 2.63. The quantitative estimate of drug-likeness (QED) is 0.468. The van der Waals surface area contributed by atoms with Crippen molar-refractivity contribution in [2.24, 2.45) is 0 Å². The Balaban J connectivity index is 2.04. The molecule has 0 unspecified atom stereocenters. The van der Waals surface area contributed by atoms with Gasteiger partial charge >= 0.3 is 0 Å². The van der Waals surface area contributed by atoms with E-state index in [0.717, 1.165) is 16.3 Å². The minimum Gasteiger partial charge on any atom is -0.397 e. The topological polar surface area (TPSA) is 52.0 Å². The van der Waals surface area contributed by atoms with E-state index in [1.54, 1.807) is 0 Å². The van der Waals surface area contributed by atoms with Gasteiger partial charge in [-0.1, -0.05) is 72.3 Å². The molecule has 0 fully saturated rings. The molecule has 0 saturated heterocycles. The van der Waals surface area contributed by atoms with E-state index in [4.69, 9.17) is 11.5 Å². The Morgan fingerprint density at radius 3 is 1.56 bits per heavy atom. The Labute approximate surface area is 147 Å². The summed E-state index contributed by atoms with van der Waals surface area (Å²) in [7, 11) is 0. The fourth-order valence-corrected chi connectivity index (χ4v) is 3.28. The van der Waals surface area contributed by atoms with Gasteiger partial charge in [-0.3, -0.25) is 0 Å². The lowest BCUT2D eigenvalue weighted by Gasteiger charge is -2.14. The highest BCUT2D eigenvalue weighted by Gasteiger charge is 2.11. The molecular weight excluding hydrogens is 304 g/mol. The molecule has 0 aliphatic rings. The highest BCUT2D eigenvalue weighted by Crippen LogP contribution is 2.38. The molecule has 2 heteroatoms. The lowest BCUT2D eigenvalue weighted by Crippen LogP contribution is -1.96. The summed E-state index contributed by atoms with van der Waals surface area (Å²) in [5, 5.41) is 2.24. The van der Waals surface area contributed by atoms with E-state index in [1.807, 2.05) is 18.2 Å². The molecule has 0 bridgehead atoms. The van der Waals surface area contributed by atoms with Crippen LogP contribution in [0, 0.1) is 6.92 Å². The molecule has 0 aliphatic carbocycles. The van der Waals surface area contributed by atoms with Gasteiger partial charge in [-0.05, 0) is 52.1 Å². The van der Waals surface area contributed by atoms with E-state index in [2.05, 4.69) is 67.6 Å². The Morgan fingerprint density at radius 1 is 0.560 bits per heavy atom. The second-order valence-electron chi connectivity index (χ2n) is 6.42. The van der Waals surface area contributed by atoms with E-state index >= 15 is 0 Å². The van der Waals surface area contributed by atoms with Crippen molar-refractivity contribution in [2.75, 3.05) is 11.5 Å². The van der Waals surface area contributed by atoms with E-state index in [1.165, 1.54) is 22.3 Å². The summed E-state index contributed by atoms with van der Waals surface area (Å²) in [6, 6.07) is 27.3. The molecule has 0 radical (unpaired) electrons. The lowest BCUT2D eigenvalue weighted by atomic mass is 9.91. The highest BCUT2D eigenvalue weighted by molar-refractivity contribution is 6.08. The number of rotatable bonds is 2. The lowest BCUT2D eigenvalue weighted by molar-refractivity contribution is 1.47. The van der Waals surface area contributed by atoms with Crippen LogP contribution in [-0.4, -0.2) is 0 Å². The molecule has 2 nitrogen and oxygen atoms in total. The van der Waals surface area contributed by atoms with Gasteiger partial charge in [-0.2, -0.15) is 0 Å². The van der Waals surface area contributed by atoms with Crippen molar-refractivity contribution in [2.45, 2.75) is 6.92 Å². The predicted molar refractivity (Wildman–Crippen MR) is 108 cm³/mol. The summed E-state index contributed by atoms with van der Waals surface area (Å²) >= 11 is 0. The van der Waals surface area contributed by atoms with Crippen LogP contribution in [0.2, 0.25) is 0 Å². The fourth-order valence-electron chi connectivity index (χ4n) is 3.28. The molecule has 0 atom stereocenters. The molecule has 122 valence electrons. The molecule has 25 heavy (non-hydrogen) atoms. The van der Waals surface area contributed by atoms with E-state index in [9.17, 15) is 0 Å². The molecule has 0 amide bonds. The van der Waals surface area contributed by atoms with Crippen LogP contribution in [-0.2, 0) is 0 Å². The Morgan fingerprint density at radius 2 is 1.04 bits per heavy atom. The number of fused-ring (bicyclic) bond motifs is 1. The zero-order valence-corrected chi connectivity index (χ0v) is 14.2. The summed E-state index contributed by atoms with van der Waals surface area (Å²) in [5.41, 5.74) is 19.4. The molecule has 4 aromatic carbocycles. The summed E-state index contributed by atoms with van der Waals surface area (Å²) in [5.74, 6) is 0. The monoisotopic (exact) mass is 324 g/mol. The van der Waals surface area contributed by atoms with Gasteiger partial charge in [0.05, 0.1) is 11.4 Å². The number of hydrogen-bond acceptors (Lipinski definition) is 2. The van der Waals surface area contributed by atoms with Gasteiger partial charge in [0, 0.05) is 0 Å². The molecular formula is C23H20N2. The van der Waals surface area contributed by atoms with Gasteiger partial charge in [-0.25, -0.2) is 0 Å². The minimum atomic E-state index is 0.616. The number of benzene rings is 4. The molecule has 0 heterocycles. The SMILES string of the molecule is Cc1ccc(-c2ccc(-c3ccccc3)c3cc(N)c(N)cc23)cc1. The number of aryl methyl sites for hydroxylation is 1. The van der Waals surface area contributed by atoms with Crippen molar-refractivity contribution >= 4 is 22.1 Å². The van der Waals surface area contributed by atoms with Gasteiger partial charge in [0.1, 0.15) is 0 Å². The average molecular weight is 324 g/mol. The molecule has 0 spiro atoms. The first-order chi connectivity index (χ1) is 12.1. The summed E-state index contributed by atoms with van der Waals surface area (Å²) in [6.07, 6.45) is 0. The largest absolute Gasteiger partial charge is 0.397 e. The first-order valence-electron chi connectivity index (χ1n) is 8.37. The van der Waals surface area contributed by atoms with Crippen molar-refractivity contribution in [1.82, 2.24) is 0 Å². The normalized spacial score (nSPS) is 10.9. The van der Waals surface area contributed by atoms with E-state index in [0.29, 0.717) is 11.4 Å². The second kappa shape index (κ2) is 5.99. The van der Waals surface area contributed by atoms with Gasteiger partial charge in [-0.15, -0.1) is 0 Å². The van der Waals surface area contributed by atoms with Gasteiger partial charge < -0.3 is 11.5 Å². The molecule has 0 aliphatic heterocycles. The van der Waals surface area contributed by atoms with Crippen molar-refractivity contribution in [3.05, 3.63) is 84.4 Å². The first kappa shape index (κ1) is 15.3. The smallest absolute Gasteiger partial charge is 0.0554 e. The number of nitrogen functional groups attached to an aromatic ring is 2. The summed E-state index contributed by atoms with van der Waals surface area (Å²) in [4.78, 5) is 0. The maximum absolute atomic E-state index is 6.12.